The lowest BCUT2D eigenvalue weighted by atomic mass is 10.1. The molecule has 0 aliphatic heterocycles. The minimum atomic E-state index is -5.11. The number of fused-ring (bicyclic) bond motifs is 1. The van der Waals surface area contributed by atoms with Crippen LogP contribution in [0.5, 0.6) is 0 Å². The predicted molar refractivity (Wildman–Crippen MR) is 217 cm³/mol. The topological polar surface area (TPSA) is 223 Å². The Morgan fingerprint density at radius 2 is 1.14 bits per heavy atom. The molecule has 16 nitrogen and oxygen atoms in total. The molecule has 0 saturated carbocycles. The van der Waals surface area contributed by atoms with Gasteiger partial charge in [-0.15, -0.1) is 0 Å². The maximum atomic E-state index is 13.7. The standard InChI is InChI=1S/C42H44F6N6O10/c1-25-21-34(55)64-33-22-29(17-18-30(25)33)52-39(60)62-24-27-13-15-28(16-14-27)51-35(56)31(11-5-7-19-49-37(58)41(43,44)45)53-36(57)32(12-6-8-20-50-38(59)42(46,47)48)54-40(61)63-23-26-9-3-2-4-10-26/h2-4,9-10,13-18,21-22,31-32H,5-8,11-12,19-20,23-24H2,1H3,(H,49,58)(H,50,59)(H,51,56)(H,52,60)(H,53,57)(H,54,61)/t31-,32?/m0/s1. The lowest BCUT2D eigenvalue weighted by Gasteiger charge is -2.23. The van der Waals surface area contributed by atoms with Gasteiger partial charge in [-0.3, -0.25) is 24.5 Å². The molecular weight excluding hydrogens is 862 g/mol. The van der Waals surface area contributed by atoms with Crippen LogP contribution in [0.25, 0.3) is 11.0 Å². The number of unbranched alkanes of at least 4 members (excludes halogenated alkanes) is 2. The van der Waals surface area contributed by atoms with Gasteiger partial charge in [0.15, 0.2) is 0 Å². The van der Waals surface area contributed by atoms with Crippen LogP contribution in [-0.2, 0) is 41.9 Å². The molecule has 6 amide bonds. The molecule has 64 heavy (non-hydrogen) atoms. The monoisotopic (exact) mass is 906 g/mol. The summed E-state index contributed by atoms with van der Waals surface area (Å²) < 4.78 is 91.5. The summed E-state index contributed by atoms with van der Waals surface area (Å²) in [4.78, 5) is 86.7. The first-order valence-corrected chi connectivity index (χ1v) is 19.6. The molecule has 344 valence electrons. The third-order valence-electron chi connectivity index (χ3n) is 9.17. The highest BCUT2D eigenvalue weighted by atomic mass is 19.4. The molecule has 6 N–H and O–H groups in total. The summed E-state index contributed by atoms with van der Waals surface area (Å²) >= 11 is 0. The fourth-order valence-electron chi connectivity index (χ4n) is 5.89. The smallest absolute Gasteiger partial charge is 0.445 e. The van der Waals surface area contributed by atoms with Crippen LogP contribution in [-0.4, -0.2) is 73.3 Å². The van der Waals surface area contributed by atoms with E-state index >= 15 is 0 Å². The lowest BCUT2D eigenvalue weighted by Crippen LogP contribution is -2.52. The number of alkyl halides is 6. The number of hydrogen-bond acceptors (Lipinski definition) is 10. The van der Waals surface area contributed by atoms with Gasteiger partial charge in [0.1, 0.15) is 30.9 Å². The van der Waals surface area contributed by atoms with Crippen molar-refractivity contribution in [1.82, 2.24) is 21.3 Å². The van der Waals surface area contributed by atoms with E-state index in [2.05, 4.69) is 21.3 Å². The molecule has 0 bridgehead atoms. The summed E-state index contributed by atoms with van der Waals surface area (Å²) in [6, 6.07) is 17.7. The number of aryl methyl sites for hydroxylation is 1. The molecule has 3 aromatic carbocycles. The summed E-state index contributed by atoms with van der Waals surface area (Å²) in [6.45, 7) is 0.523. The van der Waals surface area contributed by atoms with Crippen molar-refractivity contribution >= 4 is 58.2 Å². The molecule has 0 saturated heterocycles. The molecule has 22 heteroatoms. The highest BCUT2D eigenvalue weighted by Gasteiger charge is 2.39. The van der Waals surface area contributed by atoms with E-state index in [9.17, 15) is 59.9 Å². The molecule has 4 aromatic rings. The maximum absolute atomic E-state index is 13.7. The summed E-state index contributed by atoms with van der Waals surface area (Å²) in [5.74, 6) is -6.03. The first kappa shape index (κ1) is 49.5. The molecule has 0 aliphatic carbocycles. The summed E-state index contributed by atoms with van der Waals surface area (Å²) in [6.07, 6.45) is -12.5. The summed E-state index contributed by atoms with van der Waals surface area (Å²) in [5, 5.41) is 14.1. The second-order valence-corrected chi connectivity index (χ2v) is 14.2. The van der Waals surface area contributed by atoms with Gasteiger partial charge in [-0.1, -0.05) is 42.5 Å². The number of carbonyl (C=O) groups is 6. The number of hydrogen-bond donors (Lipinski definition) is 6. The highest BCUT2D eigenvalue weighted by molar-refractivity contribution is 5.98. The Bertz CT molecular complexity index is 2310. The van der Waals surface area contributed by atoms with Gasteiger partial charge in [0, 0.05) is 42.0 Å². The Balaban J connectivity index is 1.40. The van der Waals surface area contributed by atoms with Crippen LogP contribution < -0.4 is 37.5 Å². The summed E-state index contributed by atoms with van der Waals surface area (Å²) in [7, 11) is 0. The van der Waals surface area contributed by atoms with E-state index in [0.717, 1.165) is 0 Å². The fourth-order valence-corrected chi connectivity index (χ4v) is 5.89. The van der Waals surface area contributed by atoms with Gasteiger partial charge < -0.3 is 40.5 Å². The third kappa shape index (κ3) is 16.6. The Kier molecular flexibility index (Phi) is 18.1. The number of benzene rings is 3. The van der Waals surface area contributed by atoms with Gasteiger partial charge in [0.25, 0.3) is 0 Å². The van der Waals surface area contributed by atoms with Crippen LogP contribution in [0.2, 0.25) is 0 Å². The molecule has 1 heterocycles. The van der Waals surface area contributed by atoms with Crippen molar-refractivity contribution in [2.75, 3.05) is 23.7 Å². The minimum absolute atomic E-state index is 0.00532. The second-order valence-electron chi connectivity index (χ2n) is 14.2. The van der Waals surface area contributed by atoms with E-state index in [1.165, 1.54) is 36.4 Å². The van der Waals surface area contributed by atoms with Crippen molar-refractivity contribution in [2.45, 2.75) is 83.1 Å². The van der Waals surface area contributed by atoms with Gasteiger partial charge in [-0.05, 0) is 86.4 Å². The number of nitrogens with one attached hydrogen (secondary N) is 6. The molecule has 0 radical (unpaired) electrons. The Morgan fingerprint density at radius 3 is 1.72 bits per heavy atom. The normalized spacial score (nSPS) is 12.3. The zero-order valence-corrected chi connectivity index (χ0v) is 34.1. The second kappa shape index (κ2) is 23.4. The number of anilines is 2. The van der Waals surface area contributed by atoms with Crippen molar-refractivity contribution in [3.63, 3.8) is 0 Å². The predicted octanol–water partition coefficient (Wildman–Crippen LogP) is 6.27. The molecule has 2 atom stereocenters. The van der Waals surface area contributed by atoms with E-state index in [-0.39, 0.29) is 63.0 Å². The van der Waals surface area contributed by atoms with E-state index in [0.29, 0.717) is 27.8 Å². The number of ether oxygens (including phenoxy) is 2. The fraction of sp³-hybridized carbons (Fsp3) is 0.357. The first-order valence-electron chi connectivity index (χ1n) is 19.6. The number of carbonyl (C=O) groups excluding carboxylic acids is 6. The van der Waals surface area contributed by atoms with Crippen molar-refractivity contribution in [3.05, 3.63) is 106 Å². The largest absolute Gasteiger partial charge is 0.471 e. The van der Waals surface area contributed by atoms with Crippen LogP contribution in [0.4, 0.5) is 47.3 Å². The van der Waals surface area contributed by atoms with Crippen LogP contribution in [0.15, 0.2) is 88.1 Å². The van der Waals surface area contributed by atoms with Gasteiger partial charge in [0.2, 0.25) is 11.8 Å². The minimum Gasteiger partial charge on any atom is -0.445 e. The molecule has 4 rings (SSSR count). The maximum Gasteiger partial charge on any atom is 0.471 e. The Labute approximate surface area is 360 Å². The quantitative estimate of drug-likeness (QED) is 0.0332. The van der Waals surface area contributed by atoms with E-state index < -0.39 is 79.0 Å². The summed E-state index contributed by atoms with van der Waals surface area (Å²) in [5.41, 5.74) is 2.02. The SMILES string of the molecule is Cc1cc(=O)oc2cc(NC(=O)OCc3ccc(NC(=O)[C@H](CCCCNC(=O)C(F)(F)F)NC(=O)C(CCCCNC(=O)C(F)(F)F)NC(=O)OCc4ccccc4)cc3)ccc12. The number of halogens is 6. The molecule has 1 unspecified atom stereocenters. The van der Waals surface area contributed by atoms with Crippen LogP contribution in [0, 0.1) is 6.92 Å². The highest BCUT2D eigenvalue weighted by Crippen LogP contribution is 2.22. The Morgan fingerprint density at radius 1 is 0.609 bits per heavy atom. The molecule has 1 aromatic heterocycles. The van der Waals surface area contributed by atoms with Crippen LogP contribution in [0.1, 0.15) is 55.2 Å². The molecule has 0 fully saturated rings. The van der Waals surface area contributed by atoms with Crippen molar-refractivity contribution in [3.8, 4) is 0 Å². The zero-order chi connectivity index (χ0) is 46.9. The molecular formula is C42H44F6N6O10. The van der Waals surface area contributed by atoms with Gasteiger partial charge in [-0.2, -0.15) is 26.3 Å². The van der Waals surface area contributed by atoms with Gasteiger partial charge in [-0.25, -0.2) is 14.4 Å². The lowest BCUT2D eigenvalue weighted by molar-refractivity contribution is -0.173. The van der Waals surface area contributed by atoms with E-state index in [1.807, 2.05) is 0 Å². The third-order valence-corrected chi connectivity index (χ3v) is 9.17. The van der Waals surface area contributed by atoms with E-state index in [1.54, 1.807) is 60.0 Å². The number of alkyl carbamates (subject to hydrolysis) is 1. The van der Waals surface area contributed by atoms with Crippen LogP contribution >= 0.6 is 0 Å². The van der Waals surface area contributed by atoms with Crippen molar-refractivity contribution in [2.24, 2.45) is 0 Å². The van der Waals surface area contributed by atoms with Crippen molar-refractivity contribution in [1.29, 1.82) is 0 Å². The van der Waals surface area contributed by atoms with Crippen LogP contribution in [0.3, 0.4) is 0 Å². The van der Waals surface area contributed by atoms with Gasteiger partial charge in [0.05, 0.1) is 0 Å². The molecule has 0 spiro atoms. The average molecular weight is 907 g/mol. The molecule has 0 aliphatic rings. The van der Waals surface area contributed by atoms with Gasteiger partial charge >= 0.3 is 42.0 Å². The van der Waals surface area contributed by atoms with Crippen molar-refractivity contribution < 1.29 is 69.0 Å². The Hall–Kier alpha value is -7.13. The number of rotatable bonds is 20. The number of amides is 6. The van der Waals surface area contributed by atoms with E-state index in [4.69, 9.17) is 13.9 Å². The first-order chi connectivity index (χ1) is 30.3. The zero-order valence-electron chi connectivity index (χ0n) is 34.1. The average Bonchev–Trinajstić information content (AvgIpc) is 3.23.